The lowest BCUT2D eigenvalue weighted by Crippen LogP contribution is -2.19. The van der Waals surface area contributed by atoms with Gasteiger partial charge in [-0.05, 0) is 18.2 Å². The molecule has 2 aromatic rings. The number of nitrogens with one attached hydrogen (secondary N) is 1. The highest BCUT2D eigenvalue weighted by atomic mass is 19.4. The summed E-state index contributed by atoms with van der Waals surface area (Å²) < 4.78 is 42.1. The normalized spacial score (nSPS) is 10.9. The van der Waals surface area contributed by atoms with E-state index in [9.17, 15) is 18.0 Å². The van der Waals surface area contributed by atoms with Crippen molar-refractivity contribution in [3.8, 4) is 5.75 Å². The average Bonchev–Trinajstić information content (AvgIpc) is 2.39. The summed E-state index contributed by atoms with van der Waals surface area (Å²) in [5.74, 6) is -0.238. The van der Waals surface area contributed by atoms with E-state index in [0.29, 0.717) is 6.07 Å². The number of alkyl halides is 3. The highest BCUT2D eigenvalue weighted by Crippen LogP contribution is 2.27. The van der Waals surface area contributed by atoms with E-state index >= 15 is 0 Å². The van der Waals surface area contributed by atoms with Crippen molar-refractivity contribution in [2.24, 2.45) is 0 Å². The van der Waals surface area contributed by atoms with Gasteiger partial charge in [0.05, 0.1) is 0 Å². The van der Waals surface area contributed by atoms with E-state index in [4.69, 9.17) is 4.74 Å². The fourth-order valence-electron chi connectivity index (χ4n) is 1.29. The molecule has 104 valence electrons. The number of nitrogens with zero attached hydrogens (tertiary/aromatic N) is 2. The largest absolute Gasteiger partial charge is 0.433 e. The van der Waals surface area contributed by atoms with Gasteiger partial charge in [0.1, 0.15) is 11.4 Å². The minimum atomic E-state index is -4.61. The van der Waals surface area contributed by atoms with Gasteiger partial charge >= 0.3 is 12.3 Å². The standard InChI is InChI=1S/C12H8F3N3O2/c13-12(14,15)9-6-7-16-10(17-9)18-11(19)20-8-4-2-1-3-5-8/h1-7H,(H,16,17,18,19). The van der Waals surface area contributed by atoms with Gasteiger partial charge < -0.3 is 4.74 Å². The van der Waals surface area contributed by atoms with Crippen LogP contribution in [0.15, 0.2) is 42.6 Å². The fourth-order valence-corrected chi connectivity index (χ4v) is 1.29. The third-order valence-corrected chi connectivity index (χ3v) is 2.11. The zero-order valence-electron chi connectivity index (χ0n) is 9.89. The van der Waals surface area contributed by atoms with Gasteiger partial charge in [0.2, 0.25) is 5.95 Å². The number of amides is 1. The molecule has 0 aliphatic rings. The average molecular weight is 283 g/mol. The second-order valence-electron chi connectivity index (χ2n) is 3.59. The summed E-state index contributed by atoms with van der Waals surface area (Å²) in [6.07, 6.45) is -4.69. The molecule has 5 nitrogen and oxygen atoms in total. The van der Waals surface area contributed by atoms with Crippen LogP contribution in [0, 0.1) is 0 Å². The first-order valence-electron chi connectivity index (χ1n) is 5.39. The second kappa shape index (κ2) is 5.55. The van der Waals surface area contributed by atoms with Crippen LogP contribution in [-0.2, 0) is 6.18 Å². The van der Waals surface area contributed by atoms with Crippen molar-refractivity contribution in [3.63, 3.8) is 0 Å². The van der Waals surface area contributed by atoms with Gasteiger partial charge in [-0.1, -0.05) is 18.2 Å². The second-order valence-corrected chi connectivity index (χ2v) is 3.59. The summed E-state index contributed by atoms with van der Waals surface area (Å²) in [5.41, 5.74) is -1.15. The molecule has 0 spiro atoms. The monoisotopic (exact) mass is 283 g/mol. The Morgan fingerprint density at radius 3 is 2.50 bits per heavy atom. The number of rotatable bonds is 2. The predicted octanol–water partition coefficient (Wildman–Crippen LogP) is 3.11. The smallest absolute Gasteiger partial charge is 0.410 e. The number of aromatic nitrogens is 2. The summed E-state index contributed by atoms with van der Waals surface area (Å²) >= 11 is 0. The molecular formula is C12H8F3N3O2. The van der Waals surface area contributed by atoms with Crippen LogP contribution >= 0.6 is 0 Å². The molecule has 0 bridgehead atoms. The molecule has 1 N–H and O–H groups in total. The molecule has 0 saturated heterocycles. The Morgan fingerprint density at radius 2 is 1.85 bits per heavy atom. The lowest BCUT2D eigenvalue weighted by atomic mass is 10.3. The number of benzene rings is 1. The van der Waals surface area contributed by atoms with E-state index in [1.807, 2.05) is 5.32 Å². The van der Waals surface area contributed by atoms with Gasteiger partial charge in [0.25, 0.3) is 0 Å². The van der Waals surface area contributed by atoms with Gasteiger partial charge in [-0.25, -0.2) is 14.8 Å². The van der Waals surface area contributed by atoms with Gasteiger partial charge in [-0.3, -0.25) is 5.32 Å². The molecule has 1 heterocycles. The van der Waals surface area contributed by atoms with E-state index in [1.165, 1.54) is 12.1 Å². The van der Waals surface area contributed by atoms with Crippen molar-refractivity contribution >= 4 is 12.0 Å². The maximum atomic E-state index is 12.4. The molecule has 20 heavy (non-hydrogen) atoms. The Bertz CT molecular complexity index is 602. The molecule has 2 rings (SSSR count). The Labute approximate surface area is 111 Å². The molecule has 0 saturated carbocycles. The molecule has 8 heteroatoms. The molecular weight excluding hydrogens is 275 g/mol. The highest BCUT2D eigenvalue weighted by Gasteiger charge is 2.32. The highest BCUT2D eigenvalue weighted by molar-refractivity contribution is 5.84. The maximum absolute atomic E-state index is 12.4. The van der Waals surface area contributed by atoms with E-state index in [2.05, 4.69) is 9.97 Å². The van der Waals surface area contributed by atoms with Crippen LogP contribution in [-0.4, -0.2) is 16.1 Å². The number of hydrogen-bond donors (Lipinski definition) is 1. The molecule has 0 unspecified atom stereocenters. The Morgan fingerprint density at radius 1 is 1.15 bits per heavy atom. The van der Waals surface area contributed by atoms with E-state index in [1.54, 1.807) is 18.2 Å². The Kier molecular flexibility index (Phi) is 3.83. The van der Waals surface area contributed by atoms with Crippen molar-refractivity contribution in [2.45, 2.75) is 6.18 Å². The van der Waals surface area contributed by atoms with Crippen LogP contribution in [0.3, 0.4) is 0 Å². The summed E-state index contributed by atoms with van der Waals surface area (Å²) in [6.45, 7) is 0. The van der Waals surface area contributed by atoms with Gasteiger partial charge in [0.15, 0.2) is 0 Å². The van der Waals surface area contributed by atoms with E-state index in [0.717, 1.165) is 6.20 Å². The lowest BCUT2D eigenvalue weighted by Gasteiger charge is -2.08. The van der Waals surface area contributed by atoms with Crippen LogP contribution < -0.4 is 10.1 Å². The van der Waals surface area contributed by atoms with Crippen molar-refractivity contribution in [3.05, 3.63) is 48.3 Å². The Balaban J connectivity index is 2.05. The molecule has 1 amide bonds. The fraction of sp³-hybridized carbons (Fsp3) is 0.0833. The molecule has 0 fully saturated rings. The summed E-state index contributed by atoms with van der Waals surface area (Å²) in [7, 11) is 0. The van der Waals surface area contributed by atoms with Crippen LogP contribution in [0.5, 0.6) is 5.75 Å². The zero-order chi connectivity index (χ0) is 14.6. The van der Waals surface area contributed by atoms with Gasteiger partial charge in [-0.2, -0.15) is 13.2 Å². The van der Waals surface area contributed by atoms with Gasteiger partial charge in [0, 0.05) is 6.20 Å². The number of ether oxygens (including phenoxy) is 1. The minimum absolute atomic E-state index is 0.247. The third kappa shape index (κ3) is 3.67. The number of hydrogen-bond acceptors (Lipinski definition) is 4. The first-order valence-corrected chi connectivity index (χ1v) is 5.39. The molecule has 0 atom stereocenters. The maximum Gasteiger partial charge on any atom is 0.433 e. The van der Waals surface area contributed by atoms with Crippen LogP contribution in [0.4, 0.5) is 23.9 Å². The van der Waals surface area contributed by atoms with Crippen LogP contribution in [0.2, 0.25) is 0 Å². The topological polar surface area (TPSA) is 64.1 Å². The van der Waals surface area contributed by atoms with Crippen molar-refractivity contribution < 1.29 is 22.7 Å². The van der Waals surface area contributed by atoms with Crippen LogP contribution in [0.1, 0.15) is 5.69 Å². The number of halogens is 3. The first-order chi connectivity index (χ1) is 9.45. The quantitative estimate of drug-likeness (QED) is 0.919. The molecule has 0 radical (unpaired) electrons. The molecule has 0 aliphatic carbocycles. The van der Waals surface area contributed by atoms with Crippen LogP contribution in [0.25, 0.3) is 0 Å². The Hall–Kier alpha value is -2.64. The predicted molar refractivity (Wildman–Crippen MR) is 63.1 cm³/mol. The summed E-state index contributed by atoms with van der Waals surface area (Å²) in [6, 6.07) is 8.75. The number of para-hydroxylation sites is 1. The van der Waals surface area contributed by atoms with E-state index < -0.39 is 23.9 Å². The lowest BCUT2D eigenvalue weighted by molar-refractivity contribution is -0.141. The van der Waals surface area contributed by atoms with Crippen molar-refractivity contribution in [1.29, 1.82) is 0 Å². The molecule has 0 aliphatic heterocycles. The summed E-state index contributed by atoms with van der Waals surface area (Å²) in [5, 5.41) is 2.02. The SMILES string of the molecule is O=C(Nc1nccc(C(F)(F)F)n1)Oc1ccccc1. The van der Waals surface area contributed by atoms with Crippen molar-refractivity contribution in [1.82, 2.24) is 9.97 Å². The summed E-state index contributed by atoms with van der Waals surface area (Å²) in [4.78, 5) is 18.1. The third-order valence-electron chi connectivity index (χ3n) is 2.11. The first kappa shape index (κ1) is 13.8. The number of carbonyl (C=O) groups is 1. The number of anilines is 1. The zero-order valence-corrected chi connectivity index (χ0v) is 9.89. The van der Waals surface area contributed by atoms with E-state index in [-0.39, 0.29) is 5.75 Å². The minimum Gasteiger partial charge on any atom is -0.410 e. The van der Waals surface area contributed by atoms with Gasteiger partial charge in [-0.15, -0.1) is 0 Å². The molecule has 1 aromatic heterocycles. The molecule has 1 aromatic carbocycles. The number of carbonyl (C=O) groups excluding carboxylic acids is 1. The van der Waals surface area contributed by atoms with Crippen molar-refractivity contribution in [2.75, 3.05) is 5.32 Å².